The predicted molar refractivity (Wildman–Crippen MR) is 82.9 cm³/mol. The fraction of sp³-hybridized carbons (Fsp3) is 0.941. The Kier molecular flexibility index (Phi) is 5.17. The number of likely N-dealkylation sites (tertiary alicyclic amines) is 1. The van der Waals surface area contributed by atoms with E-state index in [4.69, 9.17) is 0 Å². The van der Waals surface area contributed by atoms with Crippen LogP contribution in [-0.4, -0.2) is 48.2 Å². The molecule has 21 heavy (non-hydrogen) atoms. The molecule has 1 aliphatic heterocycles. The van der Waals surface area contributed by atoms with Crippen LogP contribution in [0.15, 0.2) is 0 Å². The number of carbonyl (C=O) groups is 1. The fourth-order valence-electron chi connectivity index (χ4n) is 4.00. The smallest absolute Gasteiger partial charge is 0.223 e. The molecule has 0 aromatic carbocycles. The average molecular weight is 294 g/mol. The number of hydrogen-bond donors (Lipinski definition) is 2. The molecule has 2 saturated carbocycles. The fourth-order valence-corrected chi connectivity index (χ4v) is 4.00. The lowest BCUT2D eigenvalue weighted by atomic mass is 9.87. The van der Waals surface area contributed by atoms with Crippen molar-refractivity contribution >= 4 is 5.91 Å². The molecule has 0 unspecified atom stereocenters. The zero-order valence-corrected chi connectivity index (χ0v) is 13.1. The van der Waals surface area contributed by atoms with Crippen molar-refractivity contribution < 1.29 is 9.90 Å². The summed E-state index contributed by atoms with van der Waals surface area (Å²) in [6.07, 6.45) is 10.0. The highest BCUT2D eigenvalue weighted by atomic mass is 16.3. The number of rotatable bonds is 5. The van der Waals surface area contributed by atoms with E-state index in [2.05, 4.69) is 10.2 Å². The number of aliphatic hydroxyl groups excluding tert-OH is 1. The lowest BCUT2D eigenvalue weighted by molar-refractivity contribution is -0.124. The molecule has 120 valence electrons. The monoisotopic (exact) mass is 294 g/mol. The Hall–Kier alpha value is -0.610. The summed E-state index contributed by atoms with van der Waals surface area (Å²) >= 11 is 0. The standard InChI is InChI=1S/C17H30N2O2/c20-12-15-8-9-19(10-13-4-2-1-3-5-13)11-16(15)18-17(21)14-6-7-14/h13-16,20H,1-12H2,(H,18,21)/t15-,16-/m1/s1. The van der Waals surface area contributed by atoms with Crippen molar-refractivity contribution in [3.8, 4) is 0 Å². The number of aliphatic hydroxyl groups is 1. The molecule has 0 aromatic heterocycles. The van der Waals surface area contributed by atoms with Gasteiger partial charge in [-0.05, 0) is 44.6 Å². The van der Waals surface area contributed by atoms with Gasteiger partial charge >= 0.3 is 0 Å². The van der Waals surface area contributed by atoms with Gasteiger partial charge in [0.15, 0.2) is 0 Å². The predicted octanol–water partition coefficient (Wildman–Crippen LogP) is 1.78. The molecule has 0 bridgehead atoms. The molecule has 0 radical (unpaired) electrons. The molecule has 3 rings (SSSR count). The second-order valence-corrected chi connectivity index (χ2v) is 7.38. The Morgan fingerprint density at radius 3 is 2.52 bits per heavy atom. The minimum Gasteiger partial charge on any atom is -0.396 e. The highest BCUT2D eigenvalue weighted by molar-refractivity contribution is 5.81. The van der Waals surface area contributed by atoms with Crippen molar-refractivity contribution in [1.29, 1.82) is 0 Å². The van der Waals surface area contributed by atoms with E-state index in [1.54, 1.807) is 0 Å². The van der Waals surface area contributed by atoms with Gasteiger partial charge in [0.05, 0.1) is 0 Å². The normalized spacial score (nSPS) is 32.0. The van der Waals surface area contributed by atoms with E-state index in [0.717, 1.165) is 38.3 Å². The van der Waals surface area contributed by atoms with Crippen molar-refractivity contribution in [3.63, 3.8) is 0 Å². The summed E-state index contributed by atoms with van der Waals surface area (Å²) in [4.78, 5) is 14.5. The lowest BCUT2D eigenvalue weighted by Gasteiger charge is -2.40. The summed E-state index contributed by atoms with van der Waals surface area (Å²) in [5.41, 5.74) is 0. The largest absolute Gasteiger partial charge is 0.396 e. The van der Waals surface area contributed by atoms with Gasteiger partial charge in [0.1, 0.15) is 0 Å². The van der Waals surface area contributed by atoms with Crippen molar-refractivity contribution in [3.05, 3.63) is 0 Å². The molecular formula is C17H30N2O2. The van der Waals surface area contributed by atoms with E-state index in [-0.39, 0.29) is 30.4 Å². The number of nitrogens with zero attached hydrogens (tertiary/aromatic N) is 1. The zero-order valence-electron chi connectivity index (χ0n) is 13.1. The quantitative estimate of drug-likeness (QED) is 0.812. The van der Waals surface area contributed by atoms with E-state index >= 15 is 0 Å². The molecular weight excluding hydrogens is 264 g/mol. The molecule has 3 fully saturated rings. The number of amides is 1. The Morgan fingerprint density at radius 1 is 1.10 bits per heavy atom. The van der Waals surface area contributed by atoms with Gasteiger partial charge in [-0.2, -0.15) is 0 Å². The number of hydrogen-bond acceptors (Lipinski definition) is 3. The molecule has 0 spiro atoms. The van der Waals surface area contributed by atoms with Crippen molar-refractivity contribution in [2.24, 2.45) is 17.8 Å². The number of carbonyl (C=O) groups excluding carboxylic acids is 1. The van der Waals surface area contributed by atoms with Crippen LogP contribution in [-0.2, 0) is 4.79 Å². The Labute approximate surface area is 128 Å². The molecule has 4 nitrogen and oxygen atoms in total. The van der Waals surface area contributed by atoms with Crippen LogP contribution in [0.2, 0.25) is 0 Å². The molecule has 1 heterocycles. The third-order valence-electron chi connectivity index (χ3n) is 5.59. The summed E-state index contributed by atoms with van der Waals surface area (Å²) in [7, 11) is 0. The summed E-state index contributed by atoms with van der Waals surface area (Å²) in [5.74, 6) is 1.58. The van der Waals surface area contributed by atoms with Gasteiger partial charge in [-0.1, -0.05) is 19.3 Å². The molecule has 1 amide bonds. The van der Waals surface area contributed by atoms with Crippen LogP contribution in [0, 0.1) is 17.8 Å². The van der Waals surface area contributed by atoms with Gasteiger partial charge in [-0.3, -0.25) is 4.79 Å². The number of nitrogens with one attached hydrogen (secondary N) is 1. The van der Waals surface area contributed by atoms with Crippen LogP contribution in [0.1, 0.15) is 51.4 Å². The van der Waals surface area contributed by atoms with Crippen LogP contribution < -0.4 is 5.32 Å². The third-order valence-corrected chi connectivity index (χ3v) is 5.59. The first-order chi connectivity index (χ1) is 10.3. The minimum atomic E-state index is 0.153. The summed E-state index contributed by atoms with van der Waals surface area (Å²) in [6.45, 7) is 3.40. The maximum Gasteiger partial charge on any atom is 0.223 e. The maximum atomic E-state index is 12.0. The van der Waals surface area contributed by atoms with Crippen LogP contribution in [0.5, 0.6) is 0 Å². The van der Waals surface area contributed by atoms with E-state index in [9.17, 15) is 9.90 Å². The molecule has 2 atom stereocenters. The Morgan fingerprint density at radius 2 is 1.86 bits per heavy atom. The van der Waals surface area contributed by atoms with Crippen LogP contribution >= 0.6 is 0 Å². The summed E-state index contributed by atoms with van der Waals surface area (Å²) in [5, 5.41) is 12.8. The Balaban J connectivity index is 1.51. The highest BCUT2D eigenvalue weighted by Crippen LogP contribution is 2.30. The SMILES string of the molecule is O=C(N[C@@H]1CN(CC2CCCCC2)CC[C@@H]1CO)C1CC1. The first-order valence-corrected chi connectivity index (χ1v) is 8.90. The summed E-state index contributed by atoms with van der Waals surface area (Å²) < 4.78 is 0. The van der Waals surface area contributed by atoms with Gasteiger partial charge in [-0.15, -0.1) is 0 Å². The second kappa shape index (κ2) is 7.10. The highest BCUT2D eigenvalue weighted by Gasteiger charge is 2.35. The van der Waals surface area contributed by atoms with Gasteiger partial charge in [0.2, 0.25) is 5.91 Å². The van der Waals surface area contributed by atoms with Gasteiger partial charge in [-0.25, -0.2) is 0 Å². The first kappa shape index (κ1) is 15.3. The molecule has 4 heteroatoms. The number of piperidine rings is 1. The van der Waals surface area contributed by atoms with Crippen molar-refractivity contribution in [1.82, 2.24) is 10.2 Å². The van der Waals surface area contributed by atoms with Gasteiger partial charge < -0.3 is 15.3 Å². The molecule has 0 aromatic rings. The lowest BCUT2D eigenvalue weighted by Crippen LogP contribution is -2.54. The van der Waals surface area contributed by atoms with Crippen molar-refractivity contribution in [2.45, 2.75) is 57.4 Å². The van der Waals surface area contributed by atoms with Gasteiger partial charge in [0.25, 0.3) is 0 Å². The molecule has 2 N–H and O–H groups in total. The van der Waals surface area contributed by atoms with Crippen LogP contribution in [0.3, 0.4) is 0 Å². The molecule has 3 aliphatic rings. The average Bonchev–Trinajstić information content (AvgIpc) is 3.33. The van der Waals surface area contributed by atoms with Crippen molar-refractivity contribution in [2.75, 3.05) is 26.2 Å². The Bertz CT molecular complexity index is 351. The topological polar surface area (TPSA) is 52.6 Å². The molecule has 2 aliphatic carbocycles. The van der Waals surface area contributed by atoms with Crippen LogP contribution in [0.4, 0.5) is 0 Å². The second-order valence-electron chi connectivity index (χ2n) is 7.38. The first-order valence-electron chi connectivity index (χ1n) is 8.90. The van der Waals surface area contributed by atoms with E-state index in [1.807, 2.05) is 0 Å². The van der Waals surface area contributed by atoms with E-state index in [1.165, 1.54) is 38.6 Å². The van der Waals surface area contributed by atoms with E-state index in [0.29, 0.717) is 0 Å². The minimum absolute atomic E-state index is 0.153. The third kappa shape index (κ3) is 4.19. The zero-order chi connectivity index (χ0) is 14.7. The van der Waals surface area contributed by atoms with Gasteiger partial charge in [0, 0.05) is 37.6 Å². The maximum absolute atomic E-state index is 12.0. The molecule has 1 saturated heterocycles. The van der Waals surface area contributed by atoms with E-state index < -0.39 is 0 Å². The van der Waals surface area contributed by atoms with Crippen LogP contribution in [0.25, 0.3) is 0 Å². The summed E-state index contributed by atoms with van der Waals surface area (Å²) in [6, 6.07) is 0.153.